The normalized spacial score (nSPS) is 12.9. The molecule has 21 heavy (non-hydrogen) atoms. The number of thiophene rings is 1. The summed E-state index contributed by atoms with van der Waals surface area (Å²) in [4.78, 5) is 0. The molecule has 0 aliphatic heterocycles. The van der Waals surface area contributed by atoms with Gasteiger partial charge < -0.3 is 15.0 Å². The van der Waals surface area contributed by atoms with Crippen LogP contribution in [0.25, 0.3) is 10.9 Å². The van der Waals surface area contributed by atoms with Crippen LogP contribution in [0.3, 0.4) is 0 Å². The van der Waals surface area contributed by atoms with Crippen molar-refractivity contribution in [1.82, 2.24) is 9.88 Å². The molecular weight excluding hydrogens is 280 g/mol. The van der Waals surface area contributed by atoms with Crippen molar-refractivity contribution in [2.45, 2.75) is 19.6 Å². The number of aryl methyl sites for hydroxylation is 2. The van der Waals surface area contributed by atoms with Crippen LogP contribution in [0, 0.1) is 6.92 Å². The quantitative estimate of drug-likeness (QED) is 0.758. The van der Waals surface area contributed by atoms with E-state index in [2.05, 4.69) is 48.1 Å². The molecule has 0 amide bonds. The van der Waals surface area contributed by atoms with Crippen molar-refractivity contribution < 1.29 is 5.11 Å². The van der Waals surface area contributed by atoms with E-state index in [1.807, 2.05) is 16.8 Å². The van der Waals surface area contributed by atoms with Crippen LogP contribution in [0.15, 0.2) is 41.1 Å². The van der Waals surface area contributed by atoms with Gasteiger partial charge in [0.15, 0.2) is 0 Å². The van der Waals surface area contributed by atoms with E-state index in [1.54, 1.807) is 11.3 Å². The van der Waals surface area contributed by atoms with Gasteiger partial charge in [-0.2, -0.15) is 11.3 Å². The molecular formula is C17H20N2OS. The van der Waals surface area contributed by atoms with Gasteiger partial charge in [-0.1, -0.05) is 18.2 Å². The van der Waals surface area contributed by atoms with Crippen LogP contribution in [0.4, 0.5) is 0 Å². The Kier molecular flexibility index (Phi) is 4.10. The van der Waals surface area contributed by atoms with E-state index >= 15 is 0 Å². The minimum atomic E-state index is -0.439. The smallest absolute Gasteiger partial charge is 0.0922 e. The zero-order chi connectivity index (χ0) is 14.8. The third-order valence-electron chi connectivity index (χ3n) is 4.07. The van der Waals surface area contributed by atoms with Crippen molar-refractivity contribution in [2.75, 3.05) is 6.54 Å². The summed E-state index contributed by atoms with van der Waals surface area (Å²) in [7, 11) is 2.10. The highest BCUT2D eigenvalue weighted by molar-refractivity contribution is 7.07. The van der Waals surface area contributed by atoms with Crippen LogP contribution in [-0.2, 0) is 13.6 Å². The van der Waals surface area contributed by atoms with Gasteiger partial charge in [-0.15, -0.1) is 0 Å². The first-order valence-corrected chi connectivity index (χ1v) is 8.06. The van der Waals surface area contributed by atoms with Gasteiger partial charge in [0.2, 0.25) is 0 Å². The Morgan fingerprint density at radius 2 is 2.10 bits per heavy atom. The number of aliphatic hydroxyl groups is 1. The maximum absolute atomic E-state index is 10.1. The Morgan fingerprint density at radius 3 is 2.81 bits per heavy atom. The molecule has 0 radical (unpaired) electrons. The Hall–Kier alpha value is -1.62. The summed E-state index contributed by atoms with van der Waals surface area (Å²) in [6.07, 6.45) is -0.439. The van der Waals surface area contributed by atoms with E-state index in [9.17, 15) is 5.11 Å². The van der Waals surface area contributed by atoms with Crippen molar-refractivity contribution in [3.63, 3.8) is 0 Å². The summed E-state index contributed by atoms with van der Waals surface area (Å²) in [5, 5.41) is 18.8. The lowest BCUT2D eigenvalue weighted by molar-refractivity contribution is 0.174. The van der Waals surface area contributed by atoms with Crippen molar-refractivity contribution in [1.29, 1.82) is 0 Å². The Morgan fingerprint density at radius 1 is 1.29 bits per heavy atom. The van der Waals surface area contributed by atoms with Gasteiger partial charge in [-0.3, -0.25) is 0 Å². The van der Waals surface area contributed by atoms with Gasteiger partial charge in [0, 0.05) is 36.7 Å². The highest BCUT2D eigenvalue weighted by atomic mass is 32.1. The number of para-hydroxylation sites is 1. The Balaban J connectivity index is 1.71. The average molecular weight is 300 g/mol. The third kappa shape index (κ3) is 2.75. The van der Waals surface area contributed by atoms with E-state index < -0.39 is 6.10 Å². The van der Waals surface area contributed by atoms with Crippen molar-refractivity contribution >= 4 is 22.2 Å². The monoisotopic (exact) mass is 300 g/mol. The number of benzene rings is 1. The lowest BCUT2D eigenvalue weighted by Gasteiger charge is -2.12. The molecule has 3 nitrogen and oxygen atoms in total. The molecule has 0 bridgehead atoms. The SMILES string of the molecule is Cc1c(CNCC(O)c2ccsc2)n(C)c2ccccc12. The molecule has 2 heterocycles. The molecule has 0 fully saturated rings. The molecule has 3 rings (SSSR count). The summed E-state index contributed by atoms with van der Waals surface area (Å²) in [5.74, 6) is 0. The van der Waals surface area contributed by atoms with Gasteiger partial charge in [0.1, 0.15) is 0 Å². The minimum Gasteiger partial charge on any atom is -0.387 e. The number of hydrogen-bond donors (Lipinski definition) is 2. The lowest BCUT2D eigenvalue weighted by atomic mass is 10.1. The molecule has 2 aromatic heterocycles. The second-order valence-electron chi connectivity index (χ2n) is 5.35. The molecule has 0 aliphatic rings. The first-order chi connectivity index (χ1) is 10.2. The largest absolute Gasteiger partial charge is 0.387 e. The fourth-order valence-electron chi connectivity index (χ4n) is 2.80. The lowest BCUT2D eigenvalue weighted by Crippen LogP contribution is -2.22. The molecule has 1 unspecified atom stereocenters. The topological polar surface area (TPSA) is 37.2 Å². The van der Waals surface area contributed by atoms with E-state index in [0.29, 0.717) is 6.54 Å². The van der Waals surface area contributed by atoms with Crippen LogP contribution in [0.1, 0.15) is 22.9 Å². The van der Waals surface area contributed by atoms with Crippen LogP contribution < -0.4 is 5.32 Å². The zero-order valence-electron chi connectivity index (χ0n) is 12.3. The van der Waals surface area contributed by atoms with Crippen molar-refractivity contribution in [3.05, 3.63) is 57.9 Å². The fourth-order valence-corrected chi connectivity index (χ4v) is 3.50. The molecule has 1 atom stereocenters. The molecule has 110 valence electrons. The average Bonchev–Trinajstić information content (AvgIpc) is 3.11. The van der Waals surface area contributed by atoms with Crippen LogP contribution in [-0.4, -0.2) is 16.2 Å². The molecule has 0 aliphatic carbocycles. The van der Waals surface area contributed by atoms with E-state index in [1.165, 1.54) is 22.2 Å². The van der Waals surface area contributed by atoms with Crippen molar-refractivity contribution in [2.24, 2.45) is 7.05 Å². The number of rotatable bonds is 5. The van der Waals surface area contributed by atoms with E-state index in [-0.39, 0.29) is 0 Å². The number of fused-ring (bicyclic) bond motifs is 1. The molecule has 3 aromatic rings. The maximum atomic E-state index is 10.1. The summed E-state index contributed by atoms with van der Waals surface area (Å²) in [6, 6.07) is 10.4. The predicted octanol–water partition coefficient (Wildman–Crippen LogP) is 3.37. The zero-order valence-corrected chi connectivity index (χ0v) is 13.2. The summed E-state index contributed by atoms with van der Waals surface area (Å²) in [6.45, 7) is 3.49. The number of aliphatic hydroxyl groups excluding tert-OH is 1. The second-order valence-corrected chi connectivity index (χ2v) is 6.13. The van der Waals surface area contributed by atoms with Gasteiger partial charge in [-0.25, -0.2) is 0 Å². The van der Waals surface area contributed by atoms with Gasteiger partial charge in [0.25, 0.3) is 0 Å². The standard InChI is InChI=1S/C17H20N2OS/c1-12-14-5-3-4-6-15(14)19(2)16(12)9-18-10-17(20)13-7-8-21-11-13/h3-8,11,17-18,20H,9-10H2,1-2H3. The fraction of sp³-hybridized carbons (Fsp3) is 0.294. The molecule has 0 spiro atoms. The van der Waals surface area contributed by atoms with Gasteiger partial charge in [-0.05, 0) is 40.9 Å². The first kappa shape index (κ1) is 14.3. The minimum absolute atomic E-state index is 0.439. The third-order valence-corrected chi connectivity index (χ3v) is 4.77. The number of hydrogen-bond acceptors (Lipinski definition) is 3. The van der Waals surface area contributed by atoms with Crippen molar-refractivity contribution in [3.8, 4) is 0 Å². The summed E-state index contributed by atoms with van der Waals surface area (Å²) >= 11 is 1.61. The predicted molar refractivity (Wildman–Crippen MR) is 88.6 cm³/mol. The van der Waals surface area contributed by atoms with E-state index in [0.717, 1.165) is 12.1 Å². The van der Waals surface area contributed by atoms with E-state index in [4.69, 9.17) is 0 Å². The summed E-state index contributed by atoms with van der Waals surface area (Å²) in [5.41, 5.74) is 4.82. The van der Waals surface area contributed by atoms with Crippen LogP contribution in [0.5, 0.6) is 0 Å². The maximum Gasteiger partial charge on any atom is 0.0922 e. The highest BCUT2D eigenvalue weighted by Gasteiger charge is 2.12. The number of aromatic nitrogens is 1. The van der Waals surface area contributed by atoms with Gasteiger partial charge in [0.05, 0.1) is 6.10 Å². The Labute approximate surface area is 128 Å². The second kappa shape index (κ2) is 6.02. The van der Waals surface area contributed by atoms with Crippen LogP contribution >= 0.6 is 11.3 Å². The summed E-state index contributed by atoms with van der Waals surface area (Å²) < 4.78 is 2.23. The highest BCUT2D eigenvalue weighted by Crippen LogP contribution is 2.24. The molecule has 0 saturated carbocycles. The first-order valence-electron chi connectivity index (χ1n) is 7.12. The van der Waals surface area contributed by atoms with Gasteiger partial charge >= 0.3 is 0 Å². The molecule has 1 aromatic carbocycles. The number of nitrogens with zero attached hydrogens (tertiary/aromatic N) is 1. The van der Waals surface area contributed by atoms with Crippen LogP contribution in [0.2, 0.25) is 0 Å². The Bertz CT molecular complexity index is 692. The molecule has 4 heteroatoms. The molecule has 0 saturated heterocycles. The number of nitrogens with one attached hydrogen (secondary N) is 1. The molecule has 2 N–H and O–H groups in total.